The second-order valence-corrected chi connectivity index (χ2v) is 5.83. The molecule has 1 aromatic heterocycles. The van der Waals surface area contributed by atoms with Gasteiger partial charge in [-0.1, -0.05) is 18.2 Å². The van der Waals surface area contributed by atoms with Gasteiger partial charge in [0, 0.05) is 17.8 Å². The summed E-state index contributed by atoms with van der Waals surface area (Å²) in [6.45, 7) is 5.76. The van der Waals surface area contributed by atoms with Crippen molar-refractivity contribution < 1.29 is 4.79 Å². The van der Waals surface area contributed by atoms with E-state index in [1.807, 2.05) is 32.0 Å². The van der Waals surface area contributed by atoms with Gasteiger partial charge in [-0.25, -0.2) is 9.97 Å². The Morgan fingerprint density at radius 1 is 1.14 bits per heavy atom. The van der Waals surface area contributed by atoms with E-state index < -0.39 is 0 Å². The minimum Gasteiger partial charge on any atom is -0.367 e. The van der Waals surface area contributed by atoms with Crippen LogP contribution >= 0.6 is 0 Å². The molecule has 0 bridgehead atoms. The van der Waals surface area contributed by atoms with Crippen LogP contribution in [0.5, 0.6) is 0 Å². The van der Waals surface area contributed by atoms with E-state index in [0.29, 0.717) is 17.6 Å². The monoisotopic (exact) mass is 296 g/mol. The molecule has 1 amide bonds. The van der Waals surface area contributed by atoms with Gasteiger partial charge in [0.05, 0.1) is 0 Å². The van der Waals surface area contributed by atoms with Crippen LogP contribution in [0.25, 0.3) is 0 Å². The van der Waals surface area contributed by atoms with E-state index in [4.69, 9.17) is 0 Å². The molecule has 2 N–H and O–H groups in total. The molecule has 0 atom stereocenters. The Labute approximate surface area is 130 Å². The summed E-state index contributed by atoms with van der Waals surface area (Å²) < 4.78 is 0. The molecule has 1 aromatic carbocycles. The molecule has 22 heavy (non-hydrogen) atoms. The van der Waals surface area contributed by atoms with Crippen LogP contribution in [0.3, 0.4) is 0 Å². The number of nitrogens with zero attached hydrogens (tertiary/aromatic N) is 2. The van der Waals surface area contributed by atoms with Gasteiger partial charge in [0.1, 0.15) is 17.3 Å². The predicted octanol–water partition coefficient (Wildman–Crippen LogP) is 3.23. The average molecular weight is 296 g/mol. The first kappa shape index (κ1) is 14.5. The molecular weight excluding hydrogens is 276 g/mol. The summed E-state index contributed by atoms with van der Waals surface area (Å²) >= 11 is 0. The fraction of sp³-hybridized carbons (Fsp3) is 0.353. The van der Waals surface area contributed by atoms with Gasteiger partial charge in [-0.05, 0) is 44.7 Å². The molecule has 0 spiro atoms. The molecule has 114 valence electrons. The van der Waals surface area contributed by atoms with Crippen LogP contribution in [-0.2, 0) is 0 Å². The molecule has 1 fully saturated rings. The van der Waals surface area contributed by atoms with Crippen molar-refractivity contribution in [3.63, 3.8) is 0 Å². The molecule has 0 unspecified atom stereocenters. The Hall–Kier alpha value is -2.43. The van der Waals surface area contributed by atoms with E-state index >= 15 is 0 Å². The summed E-state index contributed by atoms with van der Waals surface area (Å²) in [5.74, 6) is 1.11. The third-order valence-corrected chi connectivity index (χ3v) is 3.72. The van der Waals surface area contributed by atoms with Crippen molar-refractivity contribution in [2.75, 3.05) is 10.6 Å². The van der Waals surface area contributed by atoms with Crippen molar-refractivity contribution in [2.24, 2.45) is 0 Å². The number of hydrogen-bond acceptors (Lipinski definition) is 4. The Kier molecular flexibility index (Phi) is 3.79. The van der Waals surface area contributed by atoms with E-state index in [1.165, 1.54) is 0 Å². The molecule has 0 saturated heterocycles. The zero-order valence-corrected chi connectivity index (χ0v) is 13.1. The maximum atomic E-state index is 12.5. The van der Waals surface area contributed by atoms with Crippen LogP contribution in [0, 0.1) is 20.8 Å². The minimum atomic E-state index is -0.207. The van der Waals surface area contributed by atoms with Gasteiger partial charge in [-0.15, -0.1) is 0 Å². The highest BCUT2D eigenvalue weighted by Crippen LogP contribution is 2.24. The number of carbonyl (C=O) groups is 1. The standard InChI is InChI=1S/C17H20N4O/c1-10-5-4-6-11(2)16(10)21-17(22)14-9-15(19-12(3)18-14)20-13-7-8-13/h4-6,9,13H,7-8H2,1-3H3,(H,21,22)(H,18,19,20). The first-order valence-electron chi connectivity index (χ1n) is 7.53. The average Bonchev–Trinajstić information content (AvgIpc) is 3.26. The highest BCUT2D eigenvalue weighted by molar-refractivity contribution is 6.04. The minimum absolute atomic E-state index is 0.207. The molecule has 1 aliphatic carbocycles. The highest BCUT2D eigenvalue weighted by Gasteiger charge is 2.22. The first-order valence-corrected chi connectivity index (χ1v) is 7.53. The lowest BCUT2D eigenvalue weighted by Crippen LogP contribution is -2.17. The number of para-hydroxylation sites is 1. The third kappa shape index (κ3) is 3.24. The number of amides is 1. The lowest BCUT2D eigenvalue weighted by atomic mass is 10.1. The molecule has 1 aliphatic rings. The van der Waals surface area contributed by atoms with Crippen molar-refractivity contribution in [1.82, 2.24) is 9.97 Å². The largest absolute Gasteiger partial charge is 0.367 e. The third-order valence-electron chi connectivity index (χ3n) is 3.72. The zero-order chi connectivity index (χ0) is 15.7. The van der Waals surface area contributed by atoms with Gasteiger partial charge >= 0.3 is 0 Å². The van der Waals surface area contributed by atoms with Gasteiger partial charge in [0.25, 0.3) is 5.91 Å². The van der Waals surface area contributed by atoms with Crippen LogP contribution in [0.1, 0.15) is 40.3 Å². The molecule has 1 saturated carbocycles. The van der Waals surface area contributed by atoms with Crippen LogP contribution in [0.2, 0.25) is 0 Å². The van der Waals surface area contributed by atoms with Gasteiger partial charge in [0.2, 0.25) is 0 Å². The van der Waals surface area contributed by atoms with Crippen molar-refractivity contribution in [1.29, 1.82) is 0 Å². The number of anilines is 2. The summed E-state index contributed by atoms with van der Waals surface area (Å²) in [5.41, 5.74) is 3.31. The maximum Gasteiger partial charge on any atom is 0.274 e. The Bertz CT molecular complexity index is 702. The maximum absolute atomic E-state index is 12.5. The summed E-state index contributed by atoms with van der Waals surface area (Å²) in [7, 11) is 0. The SMILES string of the molecule is Cc1nc(NC2CC2)cc(C(=O)Nc2c(C)cccc2C)n1. The van der Waals surface area contributed by atoms with Crippen molar-refractivity contribution in [3.05, 3.63) is 46.9 Å². The van der Waals surface area contributed by atoms with Crippen molar-refractivity contribution in [3.8, 4) is 0 Å². The van der Waals surface area contributed by atoms with Crippen molar-refractivity contribution >= 4 is 17.4 Å². The summed E-state index contributed by atoms with van der Waals surface area (Å²) in [5, 5.41) is 6.27. The van der Waals surface area contributed by atoms with E-state index in [0.717, 1.165) is 35.5 Å². The topological polar surface area (TPSA) is 66.9 Å². The fourth-order valence-electron chi connectivity index (χ4n) is 2.38. The number of aromatic nitrogens is 2. The number of carbonyl (C=O) groups excluding carboxylic acids is 1. The normalized spacial score (nSPS) is 13.8. The number of nitrogens with one attached hydrogen (secondary N) is 2. The fourth-order valence-corrected chi connectivity index (χ4v) is 2.38. The molecule has 0 radical (unpaired) electrons. The van der Waals surface area contributed by atoms with Gasteiger partial charge in [-0.3, -0.25) is 4.79 Å². The Balaban J connectivity index is 1.83. The molecule has 5 nitrogen and oxygen atoms in total. The van der Waals surface area contributed by atoms with Gasteiger partial charge < -0.3 is 10.6 Å². The molecule has 1 heterocycles. The number of hydrogen-bond donors (Lipinski definition) is 2. The second-order valence-electron chi connectivity index (χ2n) is 5.83. The Morgan fingerprint density at radius 2 is 1.82 bits per heavy atom. The molecule has 0 aliphatic heterocycles. The van der Waals surface area contributed by atoms with E-state index in [1.54, 1.807) is 13.0 Å². The smallest absolute Gasteiger partial charge is 0.274 e. The van der Waals surface area contributed by atoms with E-state index in [9.17, 15) is 4.79 Å². The molecule has 2 aromatic rings. The molecule has 5 heteroatoms. The van der Waals surface area contributed by atoms with Crippen LogP contribution in [0.4, 0.5) is 11.5 Å². The van der Waals surface area contributed by atoms with Crippen LogP contribution in [0.15, 0.2) is 24.3 Å². The summed E-state index contributed by atoms with van der Waals surface area (Å²) in [4.78, 5) is 21.1. The van der Waals surface area contributed by atoms with Gasteiger partial charge in [0.15, 0.2) is 0 Å². The number of rotatable bonds is 4. The first-order chi connectivity index (χ1) is 10.5. The quantitative estimate of drug-likeness (QED) is 0.909. The van der Waals surface area contributed by atoms with Crippen LogP contribution < -0.4 is 10.6 Å². The van der Waals surface area contributed by atoms with E-state index in [2.05, 4.69) is 20.6 Å². The zero-order valence-electron chi connectivity index (χ0n) is 13.1. The Morgan fingerprint density at radius 3 is 2.45 bits per heavy atom. The van der Waals surface area contributed by atoms with E-state index in [-0.39, 0.29) is 5.91 Å². The lowest BCUT2D eigenvalue weighted by Gasteiger charge is -2.12. The molecule has 3 rings (SSSR count). The highest BCUT2D eigenvalue weighted by atomic mass is 16.1. The number of benzene rings is 1. The summed E-state index contributed by atoms with van der Waals surface area (Å²) in [6, 6.07) is 8.15. The summed E-state index contributed by atoms with van der Waals surface area (Å²) in [6.07, 6.45) is 2.32. The number of aryl methyl sites for hydroxylation is 3. The van der Waals surface area contributed by atoms with Crippen LogP contribution in [-0.4, -0.2) is 21.9 Å². The predicted molar refractivity (Wildman–Crippen MR) is 87.3 cm³/mol. The van der Waals surface area contributed by atoms with Gasteiger partial charge in [-0.2, -0.15) is 0 Å². The molecular formula is C17H20N4O. The second kappa shape index (κ2) is 5.75. The van der Waals surface area contributed by atoms with Crippen molar-refractivity contribution in [2.45, 2.75) is 39.7 Å². The lowest BCUT2D eigenvalue weighted by molar-refractivity contribution is 0.102.